The van der Waals surface area contributed by atoms with Gasteiger partial charge in [0.1, 0.15) is 5.82 Å². The normalized spacial score (nSPS) is 18.1. The molecule has 1 aliphatic heterocycles. The van der Waals surface area contributed by atoms with Crippen molar-refractivity contribution in [2.24, 2.45) is 22.6 Å². The van der Waals surface area contributed by atoms with Crippen molar-refractivity contribution in [3.05, 3.63) is 11.4 Å². The molecule has 1 rings (SSSR count). The van der Waals surface area contributed by atoms with Crippen LogP contribution in [0.3, 0.4) is 0 Å². The molecule has 1 aliphatic rings. The van der Waals surface area contributed by atoms with Crippen molar-refractivity contribution in [2.45, 2.75) is 13.3 Å². The molecule has 0 aromatic heterocycles. The number of aliphatic imine (C=N–C) groups is 1. The molecule has 0 aromatic carbocycles. The van der Waals surface area contributed by atoms with Gasteiger partial charge in [-0.1, -0.05) is 0 Å². The second kappa shape index (κ2) is 6.18. The predicted octanol–water partition coefficient (Wildman–Crippen LogP) is 0.368. The van der Waals surface area contributed by atoms with Crippen LogP contribution < -0.4 is 5.73 Å². The molecule has 1 heterocycles. The summed E-state index contributed by atoms with van der Waals surface area (Å²) in [6.07, 6.45) is -0.000139. The number of ether oxygens (including phenoxy) is 1. The summed E-state index contributed by atoms with van der Waals surface area (Å²) in [6, 6.07) is 5.40. The summed E-state index contributed by atoms with van der Waals surface area (Å²) in [7, 11) is 0. The summed E-state index contributed by atoms with van der Waals surface area (Å²) < 4.78 is 4.81. The van der Waals surface area contributed by atoms with Crippen molar-refractivity contribution >= 4 is 11.7 Å². The zero-order chi connectivity index (χ0) is 14.4. The van der Waals surface area contributed by atoms with Crippen molar-refractivity contribution in [1.82, 2.24) is 0 Å². The van der Waals surface area contributed by atoms with Crippen LogP contribution in [0.15, 0.2) is 16.4 Å². The van der Waals surface area contributed by atoms with E-state index in [1.54, 1.807) is 19.1 Å². The maximum Gasteiger partial charge on any atom is 0.337 e. The van der Waals surface area contributed by atoms with Gasteiger partial charge in [0.15, 0.2) is 5.92 Å². The van der Waals surface area contributed by atoms with Crippen molar-refractivity contribution < 1.29 is 9.53 Å². The Kier molecular flexibility index (Phi) is 4.62. The minimum atomic E-state index is -1.15. The first-order valence-corrected chi connectivity index (χ1v) is 5.52. The lowest BCUT2D eigenvalue weighted by molar-refractivity contribution is -0.138. The smallest absolute Gasteiger partial charge is 0.337 e. The third kappa shape index (κ3) is 2.88. The molecule has 7 nitrogen and oxygen atoms in total. The number of nitriles is 3. The molecule has 0 spiro atoms. The Balaban J connectivity index is 3.19. The van der Waals surface area contributed by atoms with Gasteiger partial charge in [-0.3, -0.25) is 0 Å². The molecule has 0 bridgehead atoms. The Morgan fingerprint density at radius 3 is 2.63 bits per heavy atom. The number of carbonyl (C=O) groups excluding carboxylic acids is 1. The van der Waals surface area contributed by atoms with Crippen molar-refractivity contribution in [2.75, 3.05) is 6.61 Å². The van der Waals surface area contributed by atoms with Gasteiger partial charge < -0.3 is 10.5 Å². The maximum absolute atomic E-state index is 11.6. The molecule has 0 aromatic rings. The molecule has 0 aliphatic carbocycles. The highest BCUT2D eigenvalue weighted by atomic mass is 16.5. The molecule has 0 saturated heterocycles. The van der Waals surface area contributed by atoms with Crippen molar-refractivity contribution in [1.29, 1.82) is 15.8 Å². The highest BCUT2D eigenvalue weighted by Gasteiger charge is 2.32. The number of esters is 1. The number of hydrogen-bond donors (Lipinski definition) is 1. The van der Waals surface area contributed by atoms with Crippen LogP contribution in [0.5, 0.6) is 0 Å². The van der Waals surface area contributed by atoms with Gasteiger partial charge in [0, 0.05) is 6.42 Å². The molecule has 7 heteroatoms. The Labute approximate surface area is 110 Å². The fourth-order valence-electron chi connectivity index (χ4n) is 1.64. The second-order valence-corrected chi connectivity index (χ2v) is 3.70. The monoisotopic (exact) mass is 257 g/mol. The van der Waals surface area contributed by atoms with Crippen LogP contribution in [0.4, 0.5) is 0 Å². The maximum atomic E-state index is 11.6. The Hall–Kier alpha value is -2.85. The fraction of sp³-hybridized carbons (Fsp3) is 0.417. The molecule has 2 N–H and O–H groups in total. The van der Waals surface area contributed by atoms with Crippen molar-refractivity contribution in [3.8, 4) is 18.2 Å². The standard InChI is InChI=1S/C12H11N5O2/c1-2-19-12(18)9-3-7(4-13)10(17-11(9)16)8(5-14)6-15/h7-8H,2-3,16H2,1H3/t7-/m1/s1. The number of rotatable bonds is 3. The lowest BCUT2D eigenvalue weighted by Crippen LogP contribution is -2.29. The quantitative estimate of drug-likeness (QED) is 0.725. The average molecular weight is 257 g/mol. The van der Waals surface area contributed by atoms with E-state index in [1.807, 2.05) is 6.07 Å². The molecular weight excluding hydrogens is 246 g/mol. The number of hydrogen-bond acceptors (Lipinski definition) is 7. The predicted molar refractivity (Wildman–Crippen MR) is 63.7 cm³/mol. The van der Waals surface area contributed by atoms with E-state index in [-0.39, 0.29) is 30.1 Å². The van der Waals surface area contributed by atoms with Crippen LogP contribution in [0, 0.1) is 45.8 Å². The van der Waals surface area contributed by atoms with Crippen LogP contribution in [-0.2, 0) is 9.53 Å². The SMILES string of the molecule is CCOC(=O)C1=C(N)N=C(C(C#N)C#N)[C@@H](C#N)C1. The zero-order valence-electron chi connectivity index (χ0n) is 10.3. The van der Waals surface area contributed by atoms with Crippen LogP contribution in [0.2, 0.25) is 0 Å². The van der Waals surface area contributed by atoms with Gasteiger partial charge in [-0.2, -0.15) is 15.8 Å². The van der Waals surface area contributed by atoms with Gasteiger partial charge in [0.2, 0.25) is 0 Å². The summed E-state index contributed by atoms with van der Waals surface area (Å²) in [5, 5.41) is 26.7. The van der Waals surface area contributed by atoms with Crippen LogP contribution >= 0.6 is 0 Å². The van der Waals surface area contributed by atoms with Crippen LogP contribution in [0.1, 0.15) is 13.3 Å². The molecule has 96 valence electrons. The van der Waals surface area contributed by atoms with E-state index in [2.05, 4.69) is 4.99 Å². The molecule has 0 radical (unpaired) electrons. The van der Waals surface area contributed by atoms with Gasteiger partial charge in [-0.15, -0.1) is 0 Å². The minimum Gasteiger partial charge on any atom is -0.463 e. The first-order valence-electron chi connectivity index (χ1n) is 5.52. The lowest BCUT2D eigenvalue weighted by Gasteiger charge is -2.20. The van der Waals surface area contributed by atoms with Gasteiger partial charge in [0.05, 0.1) is 42.0 Å². The summed E-state index contributed by atoms with van der Waals surface area (Å²) >= 11 is 0. The molecule has 0 amide bonds. The van der Waals surface area contributed by atoms with Gasteiger partial charge in [-0.05, 0) is 6.92 Å². The second-order valence-electron chi connectivity index (χ2n) is 3.70. The molecule has 19 heavy (non-hydrogen) atoms. The van der Waals surface area contributed by atoms with Crippen LogP contribution in [0.25, 0.3) is 0 Å². The number of nitrogens with two attached hydrogens (primary N) is 1. The van der Waals surface area contributed by atoms with Crippen molar-refractivity contribution in [3.63, 3.8) is 0 Å². The summed E-state index contributed by atoms with van der Waals surface area (Å²) in [6.45, 7) is 1.83. The van der Waals surface area contributed by atoms with Crippen LogP contribution in [-0.4, -0.2) is 18.3 Å². The van der Waals surface area contributed by atoms with E-state index in [0.29, 0.717) is 0 Å². The third-order valence-corrected chi connectivity index (χ3v) is 2.56. The lowest BCUT2D eigenvalue weighted by atomic mass is 9.87. The van der Waals surface area contributed by atoms with Gasteiger partial charge in [0.25, 0.3) is 0 Å². The molecule has 0 unspecified atom stereocenters. The highest BCUT2D eigenvalue weighted by molar-refractivity contribution is 6.00. The molecule has 0 saturated carbocycles. The first kappa shape index (κ1) is 14.2. The number of carbonyl (C=O) groups is 1. The third-order valence-electron chi connectivity index (χ3n) is 2.56. The largest absolute Gasteiger partial charge is 0.463 e. The van der Waals surface area contributed by atoms with E-state index >= 15 is 0 Å². The Bertz CT molecular complexity index is 556. The average Bonchev–Trinajstić information content (AvgIpc) is 2.40. The molecular formula is C12H11N5O2. The van der Waals surface area contributed by atoms with E-state index in [0.717, 1.165) is 0 Å². The topological polar surface area (TPSA) is 136 Å². The fourth-order valence-corrected chi connectivity index (χ4v) is 1.64. The van der Waals surface area contributed by atoms with Gasteiger partial charge in [-0.25, -0.2) is 9.79 Å². The van der Waals surface area contributed by atoms with E-state index in [9.17, 15) is 4.79 Å². The summed E-state index contributed by atoms with van der Waals surface area (Å²) in [5.74, 6) is -2.70. The summed E-state index contributed by atoms with van der Waals surface area (Å²) in [4.78, 5) is 15.5. The summed E-state index contributed by atoms with van der Waals surface area (Å²) in [5.41, 5.74) is 5.81. The number of nitrogens with zero attached hydrogens (tertiary/aromatic N) is 4. The molecule has 1 atom stereocenters. The van der Waals surface area contributed by atoms with Gasteiger partial charge >= 0.3 is 5.97 Å². The molecule has 0 fully saturated rings. The highest BCUT2D eigenvalue weighted by Crippen LogP contribution is 2.25. The zero-order valence-corrected chi connectivity index (χ0v) is 10.3. The Morgan fingerprint density at radius 1 is 1.53 bits per heavy atom. The van der Waals surface area contributed by atoms with E-state index < -0.39 is 17.8 Å². The van der Waals surface area contributed by atoms with E-state index in [4.69, 9.17) is 26.3 Å². The first-order chi connectivity index (χ1) is 9.08. The van der Waals surface area contributed by atoms with E-state index in [1.165, 1.54) is 0 Å². The Morgan fingerprint density at radius 2 is 2.16 bits per heavy atom. The minimum absolute atomic E-state index is 0.000139.